The van der Waals surface area contributed by atoms with E-state index in [-0.39, 0.29) is 27.7 Å². The molecule has 0 bridgehead atoms. The Balaban J connectivity index is 1.92. The van der Waals surface area contributed by atoms with Crippen LogP contribution in [0, 0.1) is 17.1 Å². The smallest absolute Gasteiger partial charge is 0.269 e. The summed E-state index contributed by atoms with van der Waals surface area (Å²) in [5.41, 5.74) is -0.690. The lowest BCUT2D eigenvalue weighted by atomic mass is 10.2. The molecule has 0 unspecified atom stereocenters. The molecule has 2 heterocycles. The van der Waals surface area contributed by atoms with Crippen molar-refractivity contribution >= 4 is 33.2 Å². The monoisotopic (exact) mass is 481 g/mol. The van der Waals surface area contributed by atoms with Crippen molar-refractivity contribution in [3.8, 4) is 17.7 Å². The zero-order chi connectivity index (χ0) is 23.6. The van der Waals surface area contributed by atoms with Crippen LogP contribution in [0.5, 0.6) is 11.6 Å². The lowest BCUT2D eigenvalue weighted by Crippen LogP contribution is -2.19. The van der Waals surface area contributed by atoms with Crippen LogP contribution in [0.2, 0.25) is 5.02 Å². The van der Waals surface area contributed by atoms with Crippen molar-refractivity contribution in [2.24, 2.45) is 0 Å². The number of pyridine rings is 1. The van der Waals surface area contributed by atoms with Gasteiger partial charge in [0.15, 0.2) is 0 Å². The maximum Gasteiger partial charge on any atom is 0.269 e. The first-order valence-electron chi connectivity index (χ1n) is 9.37. The van der Waals surface area contributed by atoms with Crippen molar-refractivity contribution in [2.45, 2.75) is 4.90 Å². The zero-order valence-electron chi connectivity index (χ0n) is 16.6. The predicted molar refractivity (Wildman–Crippen MR) is 120 cm³/mol. The van der Waals surface area contributed by atoms with Crippen LogP contribution in [0.4, 0.5) is 4.39 Å². The first-order valence-corrected chi connectivity index (χ1v) is 11.2. The van der Waals surface area contributed by atoms with Crippen molar-refractivity contribution in [1.29, 1.82) is 5.26 Å². The largest absolute Gasteiger partial charge is 0.438 e. The molecular formula is C23H13ClFN3O4S. The number of benzene rings is 2. The minimum Gasteiger partial charge on any atom is -0.438 e. The van der Waals surface area contributed by atoms with Gasteiger partial charge in [-0.15, -0.1) is 0 Å². The highest BCUT2D eigenvalue weighted by molar-refractivity contribution is 7.95. The lowest BCUT2D eigenvalue weighted by molar-refractivity contribution is 0.459. The second-order valence-electron chi connectivity index (χ2n) is 6.70. The first-order chi connectivity index (χ1) is 15.8. The Morgan fingerprint density at radius 1 is 1.09 bits per heavy atom. The number of nitrogens with zero attached hydrogens (tertiary/aromatic N) is 3. The van der Waals surface area contributed by atoms with E-state index in [0.717, 1.165) is 18.2 Å². The van der Waals surface area contributed by atoms with E-state index in [2.05, 4.69) is 4.98 Å². The molecule has 0 saturated heterocycles. The molecule has 0 aliphatic heterocycles. The van der Waals surface area contributed by atoms with Gasteiger partial charge in [-0.3, -0.25) is 9.20 Å². The van der Waals surface area contributed by atoms with Gasteiger partial charge in [0.25, 0.3) is 5.56 Å². The fraction of sp³-hybridized carbons (Fsp3) is 0. The number of ether oxygens (including phenoxy) is 1. The number of aromatic nitrogens is 2. The topological polar surface area (TPSA) is 102 Å². The fourth-order valence-corrected chi connectivity index (χ4v) is 4.21. The molecule has 0 aliphatic rings. The van der Waals surface area contributed by atoms with Crippen molar-refractivity contribution in [3.05, 3.63) is 105 Å². The van der Waals surface area contributed by atoms with E-state index in [9.17, 15) is 22.9 Å². The number of halogens is 2. The van der Waals surface area contributed by atoms with E-state index in [1.165, 1.54) is 47.0 Å². The van der Waals surface area contributed by atoms with Gasteiger partial charge in [0, 0.05) is 11.2 Å². The molecule has 4 rings (SSSR count). The number of nitriles is 1. The second kappa shape index (κ2) is 8.86. The van der Waals surface area contributed by atoms with Crippen molar-refractivity contribution in [2.75, 3.05) is 0 Å². The highest BCUT2D eigenvalue weighted by Gasteiger charge is 2.23. The molecule has 0 amide bonds. The molecule has 0 radical (unpaired) electrons. The summed E-state index contributed by atoms with van der Waals surface area (Å²) < 4.78 is 46.2. The van der Waals surface area contributed by atoms with Gasteiger partial charge in [-0.1, -0.05) is 17.7 Å². The molecule has 0 N–H and O–H groups in total. The van der Waals surface area contributed by atoms with Gasteiger partial charge >= 0.3 is 0 Å². The molecule has 2 aromatic heterocycles. The standard InChI is InChI=1S/C23H13ClFN3O4S/c24-15-4-10-18(11-5-15)33(30,31)19(14-26)13-20-22(32-17-8-6-16(25)7-9-17)27-21-3-1-2-12-28(21)23(20)29/h1-13H/b19-13+. The van der Waals surface area contributed by atoms with Gasteiger partial charge in [-0.25, -0.2) is 12.8 Å². The number of hydrogen-bond donors (Lipinski definition) is 0. The number of allylic oxidation sites excluding steroid dienone is 1. The number of sulfone groups is 1. The van der Waals surface area contributed by atoms with E-state index in [1.54, 1.807) is 24.3 Å². The first kappa shape index (κ1) is 22.2. The number of fused-ring (bicyclic) bond motifs is 1. The minimum atomic E-state index is -4.27. The Labute approximate surface area is 192 Å². The summed E-state index contributed by atoms with van der Waals surface area (Å²) in [6.07, 6.45) is 2.36. The summed E-state index contributed by atoms with van der Waals surface area (Å²) in [6.45, 7) is 0. The highest BCUT2D eigenvalue weighted by Crippen LogP contribution is 2.27. The Bertz CT molecular complexity index is 1590. The van der Waals surface area contributed by atoms with Crippen molar-refractivity contribution in [1.82, 2.24) is 9.38 Å². The average molecular weight is 482 g/mol. The second-order valence-corrected chi connectivity index (χ2v) is 9.05. The third-order valence-electron chi connectivity index (χ3n) is 4.56. The van der Waals surface area contributed by atoms with Gasteiger partial charge < -0.3 is 4.74 Å². The van der Waals surface area contributed by atoms with Crippen molar-refractivity contribution in [3.63, 3.8) is 0 Å². The molecular weight excluding hydrogens is 469 g/mol. The number of hydrogen-bond acceptors (Lipinski definition) is 6. The molecule has 33 heavy (non-hydrogen) atoms. The zero-order valence-corrected chi connectivity index (χ0v) is 18.2. The van der Waals surface area contributed by atoms with E-state index in [4.69, 9.17) is 16.3 Å². The van der Waals surface area contributed by atoms with E-state index in [0.29, 0.717) is 5.02 Å². The average Bonchev–Trinajstić information content (AvgIpc) is 2.80. The van der Waals surface area contributed by atoms with E-state index >= 15 is 0 Å². The molecule has 0 aliphatic carbocycles. The Hall–Kier alpha value is -4.00. The summed E-state index contributed by atoms with van der Waals surface area (Å²) in [4.78, 5) is 16.6. The summed E-state index contributed by atoms with van der Waals surface area (Å²) >= 11 is 5.82. The van der Waals surface area contributed by atoms with Gasteiger partial charge in [0.05, 0.1) is 4.90 Å². The van der Waals surface area contributed by atoms with Crippen LogP contribution < -0.4 is 10.3 Å². The third-order valence-corrected chi connectivity index (χ3v) is 6.49. The summed E-state index contributed by atoms with van der Waals surface area (Å²) in [6, 6.07) is 16.7. The Morgan fingerprint density at radius 2 is 1.79 bits per heavy atom. The molecule has 7 nitrogen and oxygen atoms in total. The molecule has 0 atom stereocenters. The third kappa shape index (κ3) is 4.48. The van der Waals surface area contributed by atoms with E-state index < -0.39 is 26.1 Å². The normalized spacial score (nSPS) is 11.8. The maximum absolute atomic E-state index is 13.3. The molecule has 2 aromatic carbocycles. The highest BCUT2D eigenvalue weighted by atomic mass is 35.5. The summed E-state index contributed by atoms with van der Waals surface area (Å²) in [7, 11) is -4.27. The van der Waals surface area contributed by atoms with Crippen LogP contribution in [0.25, 0.3) is 11.7 Å². The van der Waals surface area contributed by atoms with Gasteiger partial charge in [0.2, 0.25) is 15.7 Å². The number of rotatable bonds is 5. The lowest BCUT2D eigenvalue weighted by Gasteiger charge is -2.10. The quantitative estimate of drug-likeness (QED) is 0.385. The minimum absolute atomic E-state index is 0.164. The fourth-order valence-electron chi connectivity index (χ4n) is 2.94. The molecule has 4 aromatic rings. The van der Waals surface area contributed by atoms with Gasteiger partial charge in [0.1, 0.15) is 33.8 Å². The molecule has 0 saturated carbocycles. The molecule has 0 spiro atoms. The Morgan fingerprint density at radius 3 is 2.45 bits per heavy atom. The SMILES string of the molecule is N#C/C(=C\c1c(Oc2ccc(F)cc2)nc2ccccn2c1=O)S(=O)(=O)c1ccc(Cl)cc1. The molecule has 164 valence electrons. The van der Waals surface area contributed by atoms with Crippen molar-refractivity contribution < 1.29 is 17.5 Å². The van der Waals surface area contributed by atoms with Crippen LogP contribution in [0.15, 0.2) is 87.5 Å². The van der Waals surface area contributed by atoms with Gasteiger partial charge in [-0.05, 0) is 66.7 Å². The Kier molecular flexibility index (Phi) is 5.96. The predicted octanol–water partition coefficient (Wildman–Crippen LogP) is 4.62. The van der Waals surface area contributed by atoms with Crippen LogP contribution in [0.1, 0.15) is 5.56 Å². The van der Waals surface area contributed by atoms with Crippen LogP contribution in [-0.2, 0) is 9.84 Å². The summed E-state index contributed by atoms with van der Waals surface area (Å²) in [5.74, 6) is -0.566. The van der Waals surface area contributed by atoms with Crippen LogP contribution >= 0.6 is 11.6 Å². The maximum atomic E-state index is 13.3. The molecule has 10 heteroatoms. The van der Waals surface area contributed by atoms with Crippen LogP contribution in [0.3, 0.4) is 0 Å². The van der Waals surface area contributed by atoms with Gasteiger partial charge in [-0.2, -0.15) is 10.2 Å². The molecule has 0 fully saturated rings. The van der Waals surface area contributed by atoms with E-state index in [1.807, 2.05) is 0 Å². The van der Waals surface area contributed by atoms with Crippen LogP contribution in [-0.4, -0.2) is 17.8 Å². The summed E-state index contributed by atoms with van der Waals surface area (Å²) in [5, 5.41) is 9.94.